The number of aromatic nitrogens is 4. The lowest BCUT2D eigenvalue weighted by atomic mass is 9.59. The van der Waals surface area contributed by atoms with Gasteiger partial charge < -0.3 is 42.0 Å². The normalized spacial score (nSPS) is 20.9. The molecule has 3 atom stereocenters. The van der Waals surface area contributed by atoms with Gasteiger partial charge in [0.05, 0.1) is 6.04 Å². The number of hydrogen-bond donors (Lipinski definition) is 6. The molecule has 2 aromatic heterocycles. The molecule has 13 heteroatoms. The van der Waals surface area contributed by atoms with Crippen LogP contribution in [-0.4, -0.2) is 55.2 Å². The van der Waals surface area contributed by atoms with Crippen molar-refractivity contribution in [2.45, 2.75) is 116 Å². The molecule has 3 aliphatic rings. The van der Waals surface area contributed by atoms with Gasteiger partial charge >= 0.3 is 0 Å². The predicted molar refractivity (Wildman–Crippen MR) is 178 cm³/mol. The Morgan fingerprint density at radius 1 is 1.09 bits per heavy atom. The molecule has 47 heavy (non-hydrogen) atoms. The minimum Gasteiger partial charge on any atom is -0.508 e. The predicted octanol–water partition coefficient (Wildman–Crippen LogP) is 3.12. The molecule has 2 bridgehead atoms. The number of anilines is 1. The number of aryl methyl sites for hydroxylation is 3. The van der Waals surface area contributed by atoms with Gasteiger partial charge in [0.25, 0.3) is 0 Å². The number of hydrogen-bond acceptors (Lipinski definition) is 10. The van der Waals surface area contributed by atoms with E-state index in [-0.39, 0.29) is 17.6 Å². The summed E-state index contributed by atoms with van der Waals surface area (Å²) in [5.41, 5.74) is 20.7. The van der Waals surface area contributed by atoms with Crippen LogP contribution in [0.5, 0.6) is 5.75 Å². The molecule has 2 unspecified atom stereocenters. The van der Waals surface area contributed by atoms with Crippen molar-refractivity contribution >= 4 is 17.8 Å². The highest BCUT2D eigenvalue weighted by atomic mass is 16.5. The zero-order valence-corrected chi connectivity index (χ0v) is 27.7. The Bertz CT molecular complexity index is 1470. The van der Waals surface area contributed by atoms with Crippen LogP contribution >= 0.6 is 0 Å². The first-order valence-electron chi connectivity index (χ1n) is 17.0. The van der Waals surface area contributed by atoms with Gasteiger partial charge in [0.2, 0.25) is 17.7 Å². The molecule has 13 nitrogen and oxygen atoms in total. The van der Waals surface area contributed by atoms with Gasteiger partial charge in [-0.05, 0) is 125 Å². The minimum atomic E-state index is -0.945. The summed E-state index contributed by atoms with van der Waals surface area (Å²) in [6.45, 7) is 4.74. The summed E-state index contributed by atoms with van der Waals surface area (Å²) >= 11 is 0. The van der Waals surface area contributed by atoms with Crippen molar-refractivity contribution in [1.82, 2.24) is 30.3 Å². The second-order valence-corrected chi connectivity index (χ2v) is 13.8. The first-order chi connectivity index (χ1) is 22.6. The van der Waals surface area contributed by atoms with E-state index in [4.69, 9.17) is 26.7 Å². The molecule has 0 spiro atoms. The Labute approximate surface area is 276 Å². The van der Waals surface area contributed by atoms with Crippen molar-refractivity contribution < 1.29 is 19.2 Å². The molecule has 0 radical (unpaired) electrons. The van der Waals surface area contributed by atoms with Gasteiger partial charge in [0.1, 0.15) is 17.8 Å². The van der Waals surface area contributed by atoms with E-state index in [9.17, 15) is 14.7 Å². The number of nitrogens with zero attached hydrogens (tertiary/aromatic N) is 4. The number of phenols is 1. The monoisotopic (exact) mass is 649 g/mol. The van der Waals surface area contributed by atoms with Crippen LogP contribution < -0.4 is 27.8 Å². The Hall–Kier alpha value is -3.97. The van der Waals surface area contributed by atoms with Crippen LogP contribution in [0.2, 0.25) is 0 Å². The molecule has 3 aromatic rings. The molecule has 3 aliphatic carbocycles. The van der Waals surface area contributed by atoms with Gasteiger partial charge in [0.15, 0.2) is 11.8 Å². The molecule has 0 saturated heterocycles. The number of aromatic hydroxyl groups is 1. The number of amides is 2. The fourth-order valence-corrected chi connectivity index (χ4v) is 7.40. The molecular weight excluding hydrogens is 598 g/mol. The molecule has 256 valence electrons. The number of nitrogens with two attached hydrogens (primary N) is 3. The van der Waals surface area contributed by atoms with Crippen LogP contribution in [0.25, 0.3) is 0 Å². The second-order valence-electron chi connectivity index (χ2n) is 13.8. The van der Waals surface area contributed by atoms with Gasteiger partial charge in [-0.15, -0.1) is 0 Å². The number of rotatable bonds is 16. The number of nitrogen functional groups attached to an aromatic ring is 1. The molecule has 3 saturated carbocycles. The lowest BCUT2D eigenvalue weighted by Gasteiger charge is -2.46. The van der Waals surface area contributed by atoms with Crippen LogP contribution in [0.3, 0.4) is 0 Å². The first kappa shape index (κ1) is 34.4. The highest BCUT2D eigenvalue weighted by molar-refractivity contribution is 5.90. The zero-order chi connectivity index (χ0) is 33.6. The molecule has 2 amide bonds. The van der Waals surface area contributed by atoms with Crippen LogP contribution in [0, 0.1) is 25.2 Å². The lowest BCUT2D eigenvalue weighted by molar-refractivity contribution is -0.130. The Morgan fingerprint density at radius 2 is 1.79 bits per heavy atom. The third-order valence-corrected chi connectivity index (χ3v) is 10.3. The van der Waals surface area contributed by atoms with Crippen LogP contribution in [0.15, 0.2) is 29.0 Å². The quantitative estimate of drug-likeness (QED) is 0.133. The number of carbonyl (C=O) groups excluding carboxylic acids is 2. The SMILES string of the molecule is Cc1cc(O)cc(C)c1CC(NC(=O)C(N)CCCn1ccnc1N)C(=O)N[C@@H](CCCN)c1nc(CC23CCC(CC2)CC3)no1. The Balaban J connectivity index is 1.30. The summed E-state index contributed by atoms with van der Waals surface area (Å²) in [6.07, 6.45) is 13.9. The fourth-order valence-electron chi connectivity index (χ4n) is 7.40. The van der Waals surface area contributed by atoms with E-state index < -0.39 is 29.9 Å². The molecule has 3 fully saturated rings. The maximum Gasteiger partial charge on any atom is 0.249 e. The van der Waals surface area contributed by atoms with E-state index in [1.165, 1.54) is 38.5 Å². The van der Waals surface area contributed by atoms with Gasteiger partial charge in [0, 0.05) is 31.8 Å². The molecule has 9 N–H and O–H groups in total. The van der Waals surface area contributed by atoms with Crippen molar-refractivity contribution in [2.75, 3.05) is 12.3 Å². The summed E-state index contributed by atoms with van der Waals surface area (Å²) in [5.74, 6) is 1.61. The van der Waals surface area contributed by atoms with Crippen LogP contribution in [0.1, 0.15) is 98.7 Å². The smallest absolute Gasteiger partial charge is 0.249 e. The minimum absolute atomic E-state index is 0.143. The first-order valence-corrected chi connectivity index (χ1v) is 17.0. The standard InChI is InChI=1S/C34H51N9O4/c1-21-17-24(44)18-22(2)25(21)19-28(40-30(45)26(36)5-4-15-43-16-14-38-33(43)37)31(46)39-27(6-3-13-35)32-41-29(42-47-32)20-34-10-7-23(8-11-34)9-12-34/h14,16-18,23,26-28,44H,3-13,15,19-20,35-36H2,1-2H3,(H2,37,38)(H,39,46)(H,40,45)/t23?,26?,27-,28?,34?/m0/s1. The van der Waals surface area contributed by atoms with Crippen LogP contribution in [-0.2, 0) is 29.0 Å². The fraction of sp³-hybridized carbons (Fsp3) is 0.618. The average Bonchev–Trinajstić information content (AvgIpc) is 3.69. The molecule has 2 heterocycles. The zero-order valence-electron chi connectivity index (χ0n) is 27.7. The van der Waals surface area contributed by atoms with E-state index in [0.29, 0.717) is 56.4 Å². The Kier molecular flexibility index (Phi) is 11.2. The largest absolute Gasteiger partial charge is 0.508 e. The summed E-state index contributed by atoms with van der Waals surface area (Å²) in [7, 11) is 0. The number of imidazole rings is 1. The molecular formula is C34H51N9O4. The molecule has 0 aliphatic heterocycles. The average molecular weight is 650 g/mol. The van der Waals surface area contributed by atoms with Crippen molar-refractivity contribution in [3.05, 3.63) is 52.9 Å². The number of benzene rings is 1. The van der Waals surface area contributed by atoms with Gasteiger partial charge in [-0.25, -0.2) is 4.98 Å². The highest BCUT2D eigenvalue weighted by Gasteiger charge is 2.41. The summed E-state index contributed by atoms with van der Waals surface area (Å²) < 4.78 is 7.55. The second kappa shape index (κ2) is 15.3. The number of nitrogens with one attached hydrogen (secondary N) is 2. The summed E-state index contributed by atoms with van der Waals surface area (Å²) in [4.78, 5) is 36.2. The topological polar surface area (TPSA) is 213 Å². The van der Waals surface area contributed by atoms with Crippen LogP contribution in [0.4, 0.5) is 5.95 Å². The van der Waals surface area contributed by atoms with Gasteiger partial charge in [-0.2, -0.15) is 4.98 Å². The Morgan fingerprint density at radius 3 is 2.43 bits per heavy atom. The van der Waals surface area contributed by atoms with E-state index >= 15 is 0 Å². The van der Waals surface area contributed by atoms with Gasteiger partial charge in [-0.1, -0.05) is 5.16 Å². The lowest BCUT2D eigenvalue weighted by Crippen LogP contribution is -2.53. The van der Waals surface area contributed by atoms with E-state index in [2.05, 4.69) is 20.8 Å². The van der Waals surface area contributed by atoms with Crippen molar-refractivity contribution in [3.8, 4) is 5.75 Å². The van der Waals surface area contributed by atoms with E-state index in [1.807, 2.05) is 13.8 Å². The highest BCUT2D eigenvalue weighted by Crippen LogP contribution is 2.51. The van der Waals surface area contributed by atoms with E-state index in [0.717, 1.165) is 29.0 Å². The van der Waals surface area contributed by atoms with Gasteiger partial charge in [-0.3, -0.25) is 9.59 Å². The maximum absolute atomic E-state index is 14.0. The number of carbonyl (C=O) groups is 2. The molecule has 1 aromatic carbocycles. The van der Waals surface area contributed by atoms with E-state index in [1.54, 1.807) is 29.1 Å². The third-order valence-electron chi connectivity index (χ3n) is 10.3. The third kappa shape index (κ3) is 8.69. The van der Waals surface area contributed by atoms with Crippen molar-refractivity contribution in [3.63, 3.8) is 0 Å². The number of fused-ring (bicyclic) bond motifs is 3. The maximum atomic E-state index is 14.0. The molecule has 6 rings (SSSR count). The number of phenolic OH excluding ortho intramolecular Hbond substituents is 1. The summed E-state index contributed by atoms with van der Waals surface area (Å²) in [6, 6.07) is 0.948. The van der Waals surface area contributed by atoms with Crippen molar-refractivity contribution in [2.24, 2.45) is 22.8 Å². The van der Waals surface area contributed by atoms with Crippen molar-refractivity contribution in [1.29, 1.82) is 0 Å². The summed E-state index contributed by atoms with van der Waals surface area (Å²) in [5, 5.41) is 20.4.